The van der Waals surface area contributed by atoms with E-state index in [1.165, 1.54) is 23.5 Å². The molecule has 156 valence electrons. The zero-order valence-corrected chi connectivity index (χ0v) is 17.8. The molecule has 2 aromatic rings. The van der Waals surface area contributed by atoms with Gasteiger partial charge in [0.05, 0.1) is 4.90 Å². The summed E-state index contributed by atoms with van der Waals surface area (Å²) in [6, 6.07) is 7.84. The number of anilines is 1. The van der Waals surface area contributed by atoms with Gasteiger partial charge >= 0.3 is 0 Å². The van der Waals surface area contributed by atoms with Crippen molar-refractivity contribution in [1.29, 1.82) is 0 Å². The van der Waals surface area contributed by atoms with Crippen molar-refractivity contribution in [1.82, 2.24) is 19.6 Å². The summed E-state index contributed by atoms with van der Waals surface area (Å²) < 4.78 is 26.7. The smallest absolute Gasteiger partial charge is 0.251 e. The average Bonchev–Trinajstić information content (AvgIpc) is 2.74. The molecule has 1 aliphatic heterocycles. The summed E-state index contributed by atoms with van der Waals surface area (Å²) in [5, 5.41) is 3.02. The van der Waals surface area contributed by atoms with Gasteiger partial charge in [-0.3, -0.25) is 4.79 Å². The van der Waals surface area contributed by atoms with Gasteiger partial charge in [0, 0.05) is 50.2 Å². The minimum atomic E-state index is -3.63. The number of aromatic nitrogens is 2. The van der Waals surface area contributed by atoms with E-state index in [1.54, 1.807) is 44.4 Å². The standard InChI is InChI=1S/C20H27N5O3S/c1-15(2)24(3)29(27,28)18-7-4-6-16(14-18)19(26)23-17-8-12-25(13-9-17)20-21-10-5-11-22-20/h4-7,10-11,14-15,17H,8-9,12-13H2,1-3H3,(H,23,26). The van der Waals surface area contributed by atoms with Crippen molar-refractivity contribution in [2.75, 3.05) is 25.0 Å². The number of hydrogen-bond donors (Lipinski definition) is 1. The maximum atomic E-state index is 12.7. The Labute approximate surface area is 172 Å². The zero-order valence-electron chi connectivity index (χ0n) is 16.9. The molecule has 0 radical (unpaired) electrons. The van der Waals surface area contributed by atoms with Crippen molar-refractivity contribution >= 4 is 21.9 Å². The molecule has 0 saturated carbocycles. The van der Waals surface area contributed by atoms with Crippen molar-refractivity contribution < 1.29 is 13.2 Å². The van der Waals surface area contributed by atoms with Gasteiger partial charge in [0.25, 0.3) is 5.91 Å². The number of nitrogens with zero attached hydrogens (tertiary/aromatic N) is 4. The van der Waals surface area contributed by atoms with Gasteiger partial charge in [0.15, 0.2) is 0 Å². The lowest BCUT2D eigenvalue weighted by molar-refractivity contribution is 0.0931. The first kappa shape index (κ1) is 21.2. The Bertz CT molecular complexity index is 942. The van der Waals surface area contributed by atoms with E-state index in [2.05, 4.69) is 20.2 Å². The van der Waals surface area contributed by atoms with Crippen LogP contribution in [-0.2, 0) is 10.0 Å². The Morgan fingerprint density at radius 2 is 1.83 bits per heavy atom. The normalized spacial score (nSPS) is 15.7. The second-order valence-electron chi connectivity index (χ2n) is 7.43. The van der Waals surface area contributed by atoms with Crippen LogP contribution in [-0.4, -0.2) is 60.8 Å². The summed E-state index contributed by atoms with van der Waals surface area (Å²) in [6.45, 7) is 5.12. The van der Waals surface area contributed by atoms with Crippen molar-refractivity contribution in [2.45, 2.75) is 43.7 Å². The fraction of sp³-hybridized carbons (Fsp3) is 0.450. The maximum absolute atomic E-state index is 12.7. The molecule has 29 heavy (non-hydrogen) atoms. The van der Waals surface area contributed by atoms with Gasteiger partial charge in [-0.1, -0.05) is 6.07 Å². The minimum absolute atomic E-state index is 0.0288. The number of benzene rings is 1. The number of nitrogens with one attached hydrogen (secondary N) is 1. The van der Waals surface area contributed by atoms with Crippen LogP contribution in [0.3, 0.4) is 0 Å². The van der Waals surface area contributed by atoms with E-state index in [1.807, 2.05) is 0 Å². The Morgan fingerprint density at radius 3 is 2.45 bits per heavy atom. The lowest BCUT2D eigenvalue weighted by Gasteiger charge is -2.32. The first-order valence-corrected chi connectivity index (χ1v) is 11.1. The number of sulfonamides is 1. The predicted octanol–water partition coefficient (Wildman–Crippen LogP) is 1.90. The summed E-state index contributed by atoms with van der Waals surface area (Å²) in [6.07, 6.45) is 4.98. The van der Waals surface area contributed by atoms with Crippen LogP contribution >= 0.6 is 0 Å². The van der Waals surface area contributed by atoms with Gasteiger partial charge < -0.3 is 10.2 Å². The highest BCUT2D eigenvalue weighted by molar-refractivity contribution is 7.89. The molecule has 1 aromatic carbocycles. The van der Waals surface area contributed by atoms with Crippen molar-refractivity contribution in [2.24, 2.45) is 0 Å². The molecule has 0 atom stereocenters. The fourth-order valence-electron chi connectivity index (χ4n) is 3.19. The molecule has 1 amide bonds. The minimum Gasteiger partial charge on any atom is -0.349 e. The van der Waals surface area contributed by atoms with Crippen LogP contribution in [0.2, 0.25) is 0 Å². The molecule has 2 heterocycles. The molecule has 1 fully saturated rings. The molecule has 0 aliphatic carbocycles. The summed E-state index contributed by atoms with van der Waals surface area (Å²) in [7, 11) is -2.09. The van der Waals surface area contributed by atoms with Crippen molar-refractivity contribution in [3.05, 3.63) is 48.3 Å². The van der Waals surface area contributed by atoms with E-state index in [0.29, 0.717) is 11.5 Å². The molecule has 0 bridgehead atoms. The van der Waals surface area contributed by atoms with Gasteiger partial charge in [-0.05, 0) is 51.0 Å². The molecule has 9 heteroatoms. The number of carbonyl (C=O) groups excluding carboxylic acids is 1. The van der Waals surface area contributed by atoms with E-state index in [4.69, 9.17) is 0 Å². The van der Waals surface area contributed by atoms with E-state index in [0.717, 1.165) is 25.9 Å². The SMILES string of the molecule is CC(C)N(C)S(=O)(=O)c1cccc(C(=O)NC2CCN(c3ncccn3)CC2)c1. The van der Waals surface area contributed by atoms with Crippen LogP contribution in [0.4, 0.5) is 5.95 Å². The number of piperidine rings is 1. The topological polar surface area (TPSA) is 95.5 Å². The van der Waals surface area contributed by atoms with Gasteiger partial charge in [-0.15, -0.1) is 0 Å². The highest BCUT2D eigenvalue weighted by Gasteiger charge is 2.25. The molecular formula is C20H27N5O3S. The lowest BCUT2D eigenvalue weighted by Crippen LogP contribution is -2.45. The molecule has 1 aliphatic rings. The van der Waals surface area contributed by atoms with E-state index in [9.17, 15) is 13.2 Å². The summed E-state index contributed by atoms with van der Waals surface area (Å²) in [4.78, 5) is 23.4. The Balaban J connectivity index is 1.63. The molecule has 1 aromatic heterocycles. The average molecular weight is 418 g/mol. The second-order valence-corrected chi connectivity index (χ2v) is 9.42. The molecule has 0 spiro atoms. The van der Waals surface area contributed by atoms with Crippen LogP contribution in [0.15, 0.2) is 47.6 Å². The van der Waals surface area contributed by atoms with Crippen LogP contribution in [0.5, 0.6) is 0 Å². The zero-order chi connectivity index (χ0) is 21.0. The van der Waals surface area contributed by atoms with Crippen LogP contribution < -0.4 is 10.2 Å². The molecule has 1 saturated heterocycles. The van der Waals surface area contributed by atoms with Crippen LogP contribution in [0, 0.1) is 0 Å². The first-order chi connectivity index (χ1) is 13.8. The third kappa shape index (κ3) is 4.91. The van der Waals surface area contributed by atoms with Crippen molar-refractivity contribution in [3.63, 3.8) is 0 Å². The lowest BCUT2D eigenvalue weighted by atomic mass is 10.0. The summed E-state index contributed by atoms with van der Waals surface area (Å²) >= 11 is 0. The largest absolute Gasteiger partial charge is 0.349 e. The number of carbonyl (C=O) groups is 1. The summed E-state index contributed by atoms with van der Waals surface area (Å²) in [5.41, 5.74) is 0.344. The maximum Gasteiger partial charge on any atom is 0.251 e. The van der Waals surface area contributed by atoms with E-state index >= 15 is 0 Å². The van der Waals surface area contributed by atoms with E-state index < -0.39 is 10.0 Å². The monoisotopic (exact) mass is 417 g/mol. The Hall–Kier alpha value is -2.52. The quantitative estimate of drug-likeness (QED) is 0.771. The number of rotatable bonds is 6. The van der Waals surface area contributed by atoms with Gasteiger partial charge in [-0.2, -0.15) is 4.31 Å². The molecule has 3 rings (SSSR count). The molecule has 0 unspecified atom stereocenters. The Morgan fingerprint density at radius 1 is 1.17 bits per heavy atom. The van der Waals surface area contributed by atoms with Crippen LogP contribution in [0.25, 0.3) is 0 Å². The van der Waals surface area contributed by atoms with E-state index in [-0.39, 0.29) is 22.9 Å². The highest BCUT2D eigenvalue weighted by Crippen LogP contribution is 2.19. The second kappa shape index (κ2) is 8.87. The van der Waals surface area contributed by atoms with Gasteiger partial charge in [-0.25, -0.2) is 18.4 Å². The highest BCUT2D eigenvalue weighted by atomic mass is 32.2. The Kier molecular flexibility index (Phi) is 6.49. The summed E-state index contributed by atoms with van der Waals surface area (Å²) in [5.74, 6) is 0.438. The third-order valence-electron chi connectivity index (χ3n) is 5.17. The van der Waals surface area contributed by atoms with Crippen LogP contribution in [0.1, 0.15) is 37.0 Å². The molecule has 1 N–H and O–H groups in total. The van der Waals surface area contributed by atoms with Crippen molar-refractivity contribution in [3.8, 4) is 0 Å². The first-order valence-electron chi connectivity index (χ1n) is 9.70. The molecular weight excluding hydrogens is 390 g/mol. The molecule has 8 nitrogen and oxygen atoms in total. The number of hydrogen-bond acceptors (Lipinski definition) is 6. The fourth-order valence-corrected chi connectivity index (χ4v) is 4.60. The number of amides is 1. The van der Waals surface area contributed by atoms with Gasteiger partial charge in [0.1, 0.15) is 0 Å². The third-order valence-corrected chi connectivity index (χ3v) is 7.20. The predicted molar refractivity (Wildman–Crippen MR) is 111 cm³/mol. The van der Waals surface area contributed by atoms with Gasteiger partial charge in [0.2, 0.25) is 16.0 Å².